The molecule has 1 N–H and O–H groups in total. The van der Waals surface area contributed by atoms with E-state index in [1.807, 2.05) is 7.05 Å². The summed E-state index contributed by atoms with van der Waals surface area (Å²) < 4.78 is 0. The van der Waals surface area contributed by atoms with Crippen molar-refractivity contribution < 1.29 is 4.92 Å². The molecule has 0 aliphatic heterocycles. The van der Waals surface area contributed by atoms with E-state index in [0.29, 0.717) is 6.42 Å². The van der Waals surface area contributed by atoms with Crippen molar-refractivity contribution in [2.45, 2.75) is 6.42 Å². The average molecular weight is 154 g/mol. The molecular weight excluding hydrogens is 144 g/mol. The number of nitrogens with one attached hydrogen (secondary N) is 1. The molecule has 0 atom stereocenters. The van der Waals surface area contributed by atoms with E-state index in [1.54, 1.807) is 12.2 Å². The Morgan fingerprint density at radius 1 is 1.73 bits per heavy atom. The lowest BCUT2D eigenvalue weighted by Gasteiger charge is -1.97. The summed E-state index contributed by atoms with van der Waals surface area (Å²) in [6.45, 7) is 0.730. The molecule has 0 aromatic carbocycles. The van der Waals surface area contributed by atoms with Crippen molar-refractivity contribution in [1.82, 2.24) is 5.32 Å². The summed E-state index contributed by atoms with van der Waals surface area (Å²) in [5, 5.41) is 13.2. The molecule has 0 unspecified atom stereocenters. The van der Waals surface area contributed by atoms with Gasteiger partial charge in [-0.05, 0) is 12.6 Å². The van der Waals surface area contributed by atoms with Crippen LogP contribution in [0, 0.1) is 10.1 Å². The van der Waals surface area contributed by atoms with Crippen LogP contribution in [0.1, 0.15) is 6.42 Å². The Morgan fingerprint density at radius 3 is 2.91 bits per heavy atom. The zero-order chi connectivity index (χ0) is 8.27. The van der Waals surface area contributed by atoms with Crippen molar-refractivity contribution in [3.05, 3.63) is 33.5 Å². The Bertz CT molecular complexity index is 231. The van der Waals surface area contributed by atoms with Gasteiger partial charge in [0.05, 0.1) is 11.3 Å². The van der Waals surface area contributed by atoms with Crippen LogP contribution in [0.25, 0.3) is 0 Å². The SMILES string of the molecule is CNCC1=CC=C([N+](=O)[O-])C1. The summed E-state index contributed by atoms with van der Waals surface area (Å²) in [7, 11) is 1.82. The highest BCUT2D eigenvalue weighted by Crippen LogP contribution is 2.17. The number of likely N-dealkylation sites (N-methyl/N-ethyl adjacent to an activating group) is 1. The molecule has 0 bridgehead atoms. The van der Waals surface area contributed by atoms with Gasteiger partial charge >= 0.3 is 0 Å². The second-order valence-corrected chi connectivity index (χ2v) is 2.45. The minimum absolute atomic E-state index is 0.287. The molecule has 0 aromatic rings. The Labute approximate surface area is 64.7 Å². The van der Waals surface area contributed by atoms with Gasteiger partial charge in [-0.3, -0.25) is 10.1 Å². The van der Waals surface area contributed by atoms with Crippen LogP contribution in [0.3, 0.4) is 0 Å². The van der Waals surface area contributed by atoms with E-state index in [9.17, 15) is 10.1 Å². The van der Waals surface area contributed by atoms with E-state index in [-0.39, 0.29) is 10.6 Å². The van der Waals surface area contributed by atoms with Crippen LogP contribution in [-0.2, 0) is 0 Å². The van der Waals surface area contributed by atoms with Crippen molar-refractivity contribution in [3.63, 3.8) is 0 Å². The Hall–Kier alpha value is -1.16. The third-order valence-corrected chi connectivity index (χ3v) is 1.56. The molecule has 0 saturated heterocycles. The van der Waals surface area contributed by atoms with E-state index < -0.39 is 0 Å². The molecule has 1 aliphatic carbocycles. The largest absolute Gasteiger partial charge is 0.316 e. The van der Waals surface area contributed by atoms with Gasteiger partial charge < -0.3 is 5.32 Å². The smallest absolute Gasteiger partial charge is 0.250 e. The molecular formula is C7H10N2O2. The van der Waals surface area contributed by atoms with Gasteiger partial charge in [-0.25, -0.2) is 0 Å². The fraction of sp³-hybridized carbons (Fsp3) is 0.429. The second-order valence-electron chi connectivity index (χ2n) is 2.45. The summed E-state index contributed by atoms with van der Waals surface area (Å²) in [6, 6.07) is 0. The lowest BCUT2D eigenvalue weighted by Crippen LogP contribution is -2.10. The van der Waals surface area contributed by atoms with Crippen LogP contribution < -0.4 is 5.32 Å². The maximum absolute atomic E-state index is 10.2. The topological polar surface area (TPSA) is 55.2 Å². The zero-order valence-corrected chi connectivity index (χ0v) is 6.33. The number of nitrogens with zero attached hydrogens (tertiary/aromatic N) is 1. The quantitative estimate of drug-likeness (QED) is 0.480. The lowest BCUT2D eigenvalue weighted by molar-refractivity contribution is -0.426. The third-order valence-electron chi connectivity index (χ3n) is 1.56. The summed E-state index contributed by atoms with van der Waals surface area (Å²) in [4.78, 5) is 9.90. The van der Waals surface area contributed by atoms with Crippen molar-refractivity contribution in [2.75, 3.05) is 13.6 Å². The third kappa shape index (κ3) is 1.88. The molecule has 0 heterocycles. The molecule has 4 nitrogen and oxygen atoms in total. The predicted molar refractivity (Wildman–Crippen MR) is 41.7 cm³/mol. The minimum Gasteiger partial charge on any atom is -0.316 e. The Morgan fingerprint density at radius 2 is 2.45 bits per heavy atom. The van der Waals surface area contributed by atoms with Gasteiger partial charge in [-0.15, -0.1) is 0 Å². The number of rotatable bonds is 3. The van der Waals surface area contributed by atoms with E-state index in [0.717, 1.165) is 12.1 Å². The number of hydrogen-bond donors (Lipinski definition) is 1. The fourth-order valence-corrected chi connectivity index (χ4v) is 1.04. The highest BCUT2D eigenvalue weighted by atomic mass is 16.6. The van der Waals surface area contributed by atoms with Crippen molar-refractivity contribution >= 4 is 0 Å². The molecule has 60 valence electrons. The Kier molecular flexibility index (Phi) is 2.38. The van der Waals surface area contributed by atoms with Crippen LogP contribution in [0.15, 0.2) is 23.4 Å². The Balaban J connectivity index is 2.45. The van der Waals surface area contributed by atoms with E-state index in [4.69, 9.17) is 0 Å². The van der Waals surface area contributed by atoms with E-state index >= 15 is 0 Å². The molecule has 0 fully saturated rings. The van der Waals surface area contributed by atoms with Gasteiger partial charge in [0, 0.05) is 12.6 Å². The summed E-state index contributed by atoms with van der Waals surface area (Å²) in [5.74, 6) is 0. The van der Waals surface area contributed by atoms with Gasteiger partial charge in [0.1, 0.15) is 0 Å². The lowest BCUT2D eigenvalue weighted by atomic mass is 10.2. The summed E-state index contributed by atoms with van der Waals surface area (Å²) in [6.07, 6.45) is 3.84. The molecule has 0 saturated carbocycles. The molecule has 11 heavy (non-hydrogen) atoms. The van der Waals surface area contributed by atoms with Gasteiger partial charge in [0.15, 0.2) is 0 Å². The first-order valence-electron chi connectivity index (χ1n) is 3.41. The molecule has 0 amide bonds. The molecule has 0 radical (unpaired) electrons. The van der Waals surface area contributed by atoms with Crippen molar-refractivity contribution in [2.24, 2.45) is 0 Å². The van der Waals surface area contributed by atoms with Gasteiger partial charge in [-0.1, -0.05) is 6.08 Å². The standard InChI is InChI=1S/C7H10N2O2/c1-8-5-6-2-3-7(4-6)9(10)11/h2-3,8H,4-5H2,1H3. The van der Waals surface area contributed by atoms with E-state index in [1.165, 1.54) is 0 Å². The first-order chi connectivity index (χ1) is 5.24. The van der Waals surface area contributed by atoms with Gasteiger partial charge in [-0.2, -0.15) is 0 Å². The summed E-state index contributed by atoms with van der Waals surface area (Å²) in [5.41, 5.74) is 1.36. The molecule has 1 rings (SSSR count). The highest BCUT2D eigenvalue weighted by Gasteiger charge is 2.16. The maximum atomic E-state index is 10.2. The molecule has 0 spiro atoms. The molecule has 1 aliphatic rings. The van der Waals surface area contributed by atoms with Gasteiger partial charge in [0.2, 0.25) is 5.70 Å². The first kappa shape index (κ1) is 7.94. The average Bonchev–Trinajstić information content (AvgIpc) is 2.37. The van der Waals surface area contributed by atoms with Crippen molar-refractivity contribution in [3.8, 4) is 0 Å². The van der Waals surface area contributed by atoms with Crippen molar-refractivity contribution in [1.29, 1.82) is 0 Å². The van der Waals surface area contributed by atoms with Crippen LogP contribution in [0.4, 0.5) is 0 Å². The minimum atomic E-state index is -0.334. The summed E-state index contributed by atoms with van der Waals surface area (Å²) >= 11 is 0. The number of hydrogen-bond acceptors (Lipinski definition) is 3. The fourth-order valence-electron chi connectivity index (χ4n) is 1.04. The van der Waals surface area contributed by atoms with Gasteiger partial charge in [0.25, 0.3) is 0 Å². The second kappa shape index (κ2) is 3.30. The maximum Gasteiger partial charge on any atom is 0.250 e. The van der Waals surface area contributed by atoms with E-state index in [2.05, 4.69) is 5.32 Å². The first-order valence-corrected chi connectivity index (χ1v) is 3.41. The zero-order valence-electron chi connectivity index (χ0n) is 6.33. The monoisotopic (exact) mass is 154 g/mol. The van der Waals surface area contributed by atoms with Crippen LogP contribution in [0.2, 0.25) is 0 Å². The predicted octanol–water partition coefficient (Wildman–Crippen LogP) is 0.696. The highest BCUT2D eigenvalue weighted by molar-refractivity contribution is 5.27. The van der Waals surface area contributed by atoms with Crippen LogP contribution >= 0.6 is 0 Å². The normalized spacial score (nSPS) is 16.1. The van der Waals surface area contributed by atoms with Crippen LogP contribution in [-0.4, -0.2) is 18.5 Å². The number of allylic oxidation sites excluding steroid dienone is 3. The molecule has 4 heteroatoms. The number of nitro groups is 1. The van der Waals surface area contributed by atoms with Crippen LogP contribution in [0.5, 0.6) is 0 Å². The molecule has 0 aromatic heterocycles.